The maximum atomic E-state index is 6.13. The van der Waals surface area contributed by atoms with Crippen LogP contribution in [0, 0.1) is 6.92 Å². The molecule has 0 spiro atoms. The molecule has 1 N–H and O–H groups in total. The topological polar surface area (TPSA) is 12.0 Å². The zero-order chi connectivity index (χ0) is 15.1. The van der Waals surface area contributed by atoms with Crippen molar-refractivity contribution in [2.75, 3.05) is 6.54 Å². The van der Waals surface area contributed by atoms with Crippen LogP contribution in [0.15, 0.2) is 48.5 Å². The maximum absolute atomic E-state index is 6.13. The molecule has 0 heterocycles. The average molecular weight is 302 g/mol. The van der Waals surface area contributed by atoms with Crippen LogP contribution in [-0.4, -0.2) is 6.54 Å². The quantitative estimate of drug-likeness (QED) is 0.729. The molecule has 1 unspecified atom stereocenters. The minimum Gasteiger partial charge on any atom is -0.310 e. The van der Waals surface area contributed by atoms with Gasteiger partial charge in [-0.15, -0.1) is 0 Å². The van der Waals surface area contributed by atoms with Gasteiger partial charge < -0.3 is 5.32 Å². The molecule has 0 saturated carbocycles. The lowest BCUT2D eigenvalue weighted by Gasteiger charge is -2.19. The van der Waals surface area contributed by atoms with E-state index in [1.54, 1.807) is 0 Å². The summed E-state index contributed by atoms with van der Waals surface area (Å²) < 4.78 is 0. The molecule has 0 aromatic heterocycles. The highest BCUT2D eigenvalue weighted by molar-refractivity contribution is 6.30. The molecule has 0 saturated heterocycles. The summed E-state index contributed by atoms with van der Waals surface area (Å²) in [6, 6.07) is 17.3. The molecule has 1 nitrogen and oxygen atoms in total. The molecule has 0 aliphatic carbocycles. The van der Waals surface area contributed by atoms with E-state index in [9.17, 15) is 0 Å². The fraction of sp³-hybridized carbons (Fsp3) is 0.368. The van der Waals surface area contributed by atoms with Crippen molar-refractivity contribution in [2.45, 2.75) is 39.2 Å². The Kier molecular flexibility index (Phi) is 6.28. The monoisotopic (exact) mass is 301 g/mol. The molecule has 0 fully saturated rings. The van der Waals surface area contributed by atoms with Crippen molar-refractivity contribution in [3.8, 4) is 0 Å². The van der Waals surface area contributed by atoms with Gasteiger partial charge in [-0.25, -0.2) is 0 Å². The number of rotatable bonds is 7. The van der Waals surface area contributed by atoms with Gasteiger partial charge in [0.2, 0.25) is 0 Å². The molecule has 2 aromatic carbocycles. The normalized spacial score (nSPS) is 12.3. The first-order valence-electron chi connectivity index (χ1n) is 7.73. The summed E-state index contributed by atoms with van der Waals surface area (Å²) in [5.41, 5.74) is 4.01. The SMILES string of the molecule is CCCNC(CCc1cccc(C)c1)c1cccc(Cl)c1. The van der Waals surface area contributed by atoms with E-state index in [2.05, 4.69) is 55.6 Å². The highest BCUT2D eigenvalue weighted by atomic mass is 35.5. The minimum atomic E-state index is 0.365. The van der Waals surface area contributed by atoms with Crippen molar-refractivity contribution < 1.29 is 0 Å². The van der Waals surface area contributed by atoms with Gasteiger partial charge in [-0.05, 0) is 56.0 Å². The van der Waals surface area contributed by atoms with Crippen molar-refractivity contribution in [1.29, 1.82) is 0 Å². The fourth-order valence-electron chi connectivity index (χ4n) is 2.61. The van der Waals surface area contributed by atoms with Crippen molar-refractivity contribution in [2.24, 2.45) is 0 Å². The van der Waals surface area contributed by atoms with Gasteiger partial charge in [0, 0.05) is 11.1 Å². The first-order valence-corrected chi connectivity index (χ1v) is 8.11. The highest BCUT2D eigenvalue weighted by Gasteiger charge is 2.11. The maximum Gasteiger partial charge on any atom is 0.0409 e. The molecule has 0 radical (unpaired) electrons. The summed E-state index contributed by atoms with van der Waals surface area (Å²) in [5, 5.41) is 4.45. The van der Waals surface area contributed by atoms with Crippen LogP contribution in [0.3, 0.4) is 0 Å². The van der Waals surface area contributed by atoms with E-state index in [4.69, 9.17) is 11.6 Å². The van der Waals surface area contributed by atoms with Crippen molar-refractivity contribution in [1.82, 2.24) is 5.32 Å². The van der Waals surface area contributed by atoms with Gasteiger partial charge >= 0.3 is 0 Å². The van der Waals surface area contributed by atoms with Crippen LogP contribution >= 0.6 is 11.6 Å². The third kappa shape index (κ3) is 5.18. The molecule has 21 heavy (non-hydrogen) atoms. The Labute approximate surface area is 133 Å². The molecule has 2 rings (SSSR count). The van der Waals surface area contributed by atoms with Gasteiger partial charge in [-0.1, -0.05) is 60.5 Å². The number of nitrogens with one attached hydrogen (secondary N) is 1. The summed E-state index contributed by atoms with van der Waals surface area (Å²) in [5.74, 6) is 0. The number of benzene rings is 2. The second-order valence-electron chi connectivity index (χ2n) is 5.59. The fourth-order valence-corrected chi connectivity index (χ4v) is 2.81. The van der Waals surface area contributed by atoms with E-state index in [0.29, 0.717) is 6.04 Å². The van der Waals surface area contributed by atoms with Crippen LogP contribution in [0.4, 0.5) is 0 Å². The first-order chi connectivity index (χ1) is 10.2. The van der Waals surface area contributed by atoms with Crippen LogP contribution in [-0.2, 0) is 6.42 Å². The molecule has 0 amide bonds. The number of hydrogen-bond acceptors (Lipinski definition) is 1. The smallest absolute Gasteiger partial charge is 0.0409 e. The van der Waals surface area contributed by atoms with E-state index in [1.165, 1.54) is 16.7 Å². The lowest BCUT2D eigenvalue weighted by Crippen LogP contribution is -2.22. The molecule has 2 aromatic rings. The summed E-state index contributed by atoms with van der Waals surface area (Å²) in [4.78, 5) is 0. The Balaban J connectivity index is 2.06. The highest BCUT2D eigenvalue weighted by Crippen LogP contribution is 2.22. The Hall–Kier alpha value is -1.31. The summed E-state index contributed by atoms with van der Waals surface area (Å²) in [7, 11) is 0. The molecular weight excluding hydrogens is 278 g/mol. The molecule has 0 aliphatic heterocycles. The van der Waals surface area contributed by atoms with Crippen LogP contribution in [0.1, 0.15) is 42.5 Å². The second kappa shape index (κ2) is 8.21. The third-order valence-corrected chi connectivity index (χ3v) is 3.93. The predicted octanol–water partition coefficient (Wildman–Crippen LogP) is 5.32. The molecule has 0 aliphatic rings. The predicted molar refractivity (Wildman–Crippen MR) is 92.0 cm³/mol. The zero-order valence-electron chi connectivity index (χ0n) is 12.9. The Morgan fingerprint density at radius 1 is 1.10 bits per heavy atom. The lowest BCUT2D eigenvalue weighted by atomic mass is 9.98. The molecule has 0 bridgehead atoms. The third-order valence-electron chi connectivity index (χ3n) is 3.70. The lowest BCUT2D eigenvalue weighted by molar-refractivity contribution is 0.499. The Morgan fingerprint density at radius 3 is 2.62 bits per heavy atom. The van der Waals surface area contributed by atoms with Gasteiger partial charge in [0.15, 0.2) is 0 Å². The van der Waals surface area contributed by atoms with Gasteiger partial charge in [0.25, 0.3) is 0 Å². The number of hydrogen-bond donors (Lipinski definition) is 1. The van der Waals surface area contributed by atoms with Gasteiger partial charge in [0.05, 0.1) is 0 Å². The Bertz CT molecular complexity index is 565. The van der Waals surface area contributed by atoms with Crippen molar-refractivity contribution >= 4 is 11.6 Å². The van der Waals surface area contributed by atoms with Gasteiger partial charge in [-0.3, -0.25) is 0 Å². The van der Waals surface area contributed by atoms with Crippen LogP contribution < -0.4 is 5.32 Å². The minimum absolute atomic E-state index is 0.365. The van der Waals surface area contributed by atoms with Gasteiger partial charge in [0.1, 0.15) is 0 Å². The van der Waals surface area contributed by atoms with Crippen molar-refractivity contribution in [3.05, 3.63) is 70.2 Å². The zero-order valence-corrected chi connectivity index (χ0v) is 13.7. The average Bonchev–Trinajstić information content (AvgIpc) is 2.47. The summed E-state index contributed by atoms with van der Waals surface area (Å²) in [6.07, 6.45) is 3.31. The first kappa shape index (κ1) is 16.1. The number of halogens is 1. The van der Waals surface area contributed by atoms with E-state index in [-0.39, 0.29) is 0 Å². The summed E-state index contributed by atoms with van der Waals surface area (Å²) >= 11 is 6.13. The molecule has 2 heteroatoms. The van der Waals surface area contributed by atoms with Gasteiger partial charge in [-0.2, -0.15) is 0 Å². The van der Waals surface area contributed by atoms with E-state index in [0.717, 1.165) is 30.8 Å². The Morgan fingerprint density at radius 2 is 1.90 bits per heavy atom. The molecule has 1 atom stereocenters. The molecular formula is C19H24ClN. The summed E-state index contributed by atoms with van der Waals surface area (Å²) in [6.45, 7) is 5.38. The van der Waals surface area contributed by atoms with Crippen molar-refractivity contribution in [3.63, 3.8) is 0 Å². The van der Waals surface area contributed by atoms with E-state index < -0.39 is 0 Å². The van der Waals surface area contributed by atoms with E-state index >= 15 is 0 Å². The largest absolute Gasteiger partial charge is 0.310 e. The second-order valence-corrected chi connectivity index (χ2v) is 6.03. The number of aryl methyl sites for hydroxylation is 2. The van der Waals surface area contributed by atoms with Crippen LogP contribution in [0.2, 0.25) is 5.02 Å². The van der Waals surface area contributed by atoms with Crippen LogP contribution in [0.25, 0.3) is 0 Å². The van der Waals surface area contributed by atoms with E-state index in [1.807, 2.05) is 12.1 Å². The van der Waals surface area contributed by atoms with Crippen LogP contribution in [0.5, 0.6) is 0 Å². The molecule has 112 valence electrons. The standard InChI is InChI=1S/C19H24ClN/c1-3-12-21-19(17-8-5-9-18(20)14-17)11-10-16-7-4-6-15(2)13-16/h4-9,13-14,19,21H,3,10-12H2,1-2H3.